The number of aliphatic imine (C=N–C) groups is 1. The average molecular weight is 547 g/mol. The predicted octanol–water partition coefficient (Wildman–Crippen LogP) is 4.32. The predicted molar refractivity (Wildman–Crippen MR) is 141 cm³/mol. The molecule has 0 bridgehead atoms. The van der Waals surface area contributed by atoms with Crippen molar-refractivity contribution in [3.8, 4) is 11.5 Å². The lowest BCUT2D eigenvalue weighted by Gasteiger charge is -2.34. The number of hydrogen-bond acceptors (Lipinski definition) is 4. The molecule has 178 valence electrons. The van der Waals surface area contributed by atoms with Crippen LogP contribution in [0.25, 0.3) is 0 Å². The molecule has 0 amide bonds. The first-order chi connectivity index (χ1) is 14.5. The molecule has 1 saturated heterocycles. The maximum atomic E-state index is 5.68. The van der Waals surface area contributed by atoms with Gasteiger partial charge in [-0.1, -0.05) is 19.9 Å². The summed E-state index contributed by atoms with van der Waals surface area (Å²) in [6, 6.07) is 6.70. The molecular formula is C24H43IN4O2. The minimum absolute atomic E-state index is 0. The summed E-state index contributed by atoms with van der Waals surface area (Å²) >= 11 is 0. The van der Waals surface area contributed by atoms with E-state index in [0.29, 0.717) is 12.6 Å². The summed E-state index contributed by atoms with van der Waals surface area (Å²) in [4.78, 5) is 7.39. The van der Waals surface area contributed by atoms with Gasteiger partial charge < -0.3 is 25.0 Å². The highest BCUT2D eigenvalue weighted by Crippen LogP contribution is 2.28. The van der Waals surface area contributed by atoms with Crippen molar-refractivity contribution in [3.63, 3.8) is 0 Å². The minimum Gasteiger partial charge on any atom is -0.493 e. The van der Waals surface area contributed by atoms with Crippen molar-refractivity contribution in [1.82, 2.24) is 15.5 Å². The third kappa shape index (κ3) is 10.3. The summed E-state index contributed by atoms with van der Waals surface area (Å²) in [5.74, 6) is 3.30. The summed E-state index contributed by atoms with van der Waals surface area (Å²) in [6.45, 7) is 14.6. The van der Waals surface area contributed by atoms with Gasteiger partial charge in [0.2, 0.25) is 0 Å². The van der Waals surface area contributed by atoms with Crippen molar-refractivity contribution >= 4 is 29.9 Å². The standard InChI is InChI=1S/C24H42N4O2.HI/c1-6-25-24(27-21-12-15-28(16-13-21)18-19(3)4)26-14-8-9-20-10-11-22(29-5)23(17-20)30-7-2;/h10-11,17,19,21H,6-9,12-16,18H2,1-5H3,(H2,25,26,27);1H. The summed E-state index contributed by atoms with van der Waals surface area (Å²) in [5, 5.41) is 7.05. The Hall–Kier alpha value is -1.22. The van der Waals surface area contributed by atoms with Crippen molar-refractivity contribution in [2.45, 2.75) is 59.4 Å². The molecule has 1 aromatic rings. The summed E-state index contributed by atoms with van der Waals surface area (Å²) < 4.78 is 11.1. The van der Waals surface area contributed by atoms with Gasteiger partial charge in [0, 0.05) is 38.8 Å². The molecule has 31 heavy (non-hydrogen) atoms. The first-order valence-corrected chi connectivity index (χ1v) is 11.6. The van der Waals surface area contributed by atoms with Crippen molar-refractivity contribution in [3.05, 3.63) is 23.8 Å². The molecule has 0 saturated carbocycles. The smallest absolute Gasteiger partial charge is 0.191 e. The molecule has 6 nitrogen and oxygen atoms in total. The molecule has 1 aromatic carbocycles. The van der Waals surface area contributed by atoms with Crippen LogP contribution in [0.4, 0.5) is 0 Å². The Kier molecular flexibility index (Phi) is 14.0. The second-order valence-corrected chi connectivity index (χ2v) is 8.40. The van der Waals surface area contributed by atoms with Gasteiger partial charge in [-0.2, -0.15) is 0 Å². The van der Waals surface area contributed by atoms with Crippen LogP contribution in [-0.4, -0.2) is 63.3 Å². The summed E-state index contributed by atoms with van der Waals surface area (Å²) in [6.07, 6.45) is 4.34. The fourth-order valence-electron chi connectivity index (χ4n) is 3.91. The van der Waals surface area contributed by atoms with Gasteiger partial charge in [0.25, 0.3) is 0 Å². The molecular weight excluding hydrogens is 503 g/mol. The van der Waals surface area contributed by atoms with E-state index in [4.69, 9.17) is 14.5 Å². The number of nitrogens with zero attached hydrogens (tertiary/aromatic N) is 2. The van der Waals surface area contributed by atoms with Crippen LogP contribution in [0.15, 0.2) is 23.2 Å². The number of aryl methyl sites for hydroxylation is 1. The largest absolute Gasteiger partial charge is 0.493 e. The molecule has 1 aliphatic heterocycles. The van der Waals surface area contributed by atoms with Crippen LogP contribution >= 0.6 is 24.0 Å². The van der Waals surface area contributed by atoms with Crippen LogP contribution in [0.1, 0.15) is 52.5 Å². The third-order valence-corrected chi connectivity index (χ3v) is 5.32. The Labute approximate surface area is 206 Å². The van der Waals surface area contributed by atoms with Gasteiger partial charge in [-0.15, -0.1) is 24.0 Å². The lowest BCUT2D eigenvalue weighted by Crippen LogP contribution is -2.49. The Morgan fingerprint density at radius 1 is 1.19 bits per heavy atom. The molecule has 0 aromatic heterocycles. The molecule has 2 rings (SSSR count). The maximum Gasteiger partial charge on any atom is 0.191 e. The van der Waals surface area contributed by atoms with E-state index in [-0.39, 0.29) is 24.0 Å². The summed E-state index contributed by atoms with van der Waals surface area (Å²) in [5.41, 5.74) is 1.25. The molecule has 0 radical (unpaired) electrons. The van der Waals surface area contributed by atoms with E-state index in [1.165, 1.54) is 38.0 Å². The molecule has 1 aliphatic rings. The Morgan fingerprint density at radius 2 is 1.94 bits per heavy atom. The van der Waals surface area contributed by atoms with Crippen molar-refractivity contribution in [2.75, 3.05) is 46.4 Å². The number of ether oxygens (including phenoxy) is 2. The van der Waals surface area contributed by atoms with E-state index >= 15 is 0 Å². The van der Waals surface area contributed by atoms with Gasteiger partial charge in [-0.05, 0) is 63.1 Å². The fraction of sp³-hybridized carbons (Fsp3) is 0.708. The van der Waals surface area contributed by atoms with Crippen LogP contribution in [0.3, 0.4) is 0 Å². The first-order valence-electron chi connectivity index (χ1n) is 11.6. The average Bonchev–Trinajstić information content (AvgIpc) is 2.73. The number of benzene rings is 1. The Bertz CT molecular complexity index is 646. The van der Waals surface area contributed by atoms with E-state index in [2.05, 4.69) is 48.4 Å². The second-order valence-electron chi connectivity index (χ2n) is 8.40. The van der Waals surface area contributed by atoms with Gasteiger partial charge in [0.15, 0.2) is 17.5 Å². The fourth-order valence-corrected chi connectivity index (χ4v) is 3.91. The number of nitrogens with one attached hydrogen (secondary N) is 2. The van der Waals surface area contributed by atoms with Crippen LogP contribution in [0.2, 0.25) is 0 Å². The lowest BCUT2D eigenvalue weighted by molar-refractivity contribution is 0.187. The highest BCUT2D eigenvalue weighted by Gasteiger charge is 2.20. The highest BCUT2D eigenvalue weighted by molar-refractivity contribution is 14.0. The summed E-state index contributed by atoms with van der Waals surface area (Å²) in [7, 11) is 1.68. The molecule has 0 spiro atoms. The number of guanidine groups is 1. The number of likely N-dealkylation sites (tertiary alicyclic amines) is 1. The number of piperidine rings is 1. The zero-order valence-corrected chi connectivity index (χ0v) is 22.4. The van der Waals surface area contributed by atoms with E-state index in [9.17, 15) is 0 Å². The second kappa shape index (κ2) is 15.6. The number of rotatable bonds is 11. The highest BCUT2D eigenvalue weighted by atomic mass is 127. The minimum atomic E-state index is 0. The number of halogens is 1. The molecule has 0 unspecified atom stereocenters. The van der Waals surface area contributed by atoms with Gasteiger partial charge in [-0.25, -0.2) is 0 Å². The molecule has 2 N–H and O–H groups in total. The van der Waals surface area contributed by atoms with Crippen LogP contribution in [0, 0.1) is 5.92 Å². The number of methoxy groups -OCH3 is 1. The monoisotopic (exact) mass is 546 g/mol. The Morgan fingerprint density at radius 3 is 2.55 bits per heavy atom. The van der Waals surface area contributed by atoms with Crippen molar-refractivity contribution in [2.24, 2.45) is 10.9 Å². The molecule has 1 heterocycles. The lowest BCUT2D eigenvalue weighted by atomic mass is 10.0. The quantitative estimate of drug-likeness (QED) is 0.188. The molecule has 7 heteroatoms. The Balaban J connectivity index is 0.00000480. The normalized spacial score (nSPS) is 15.5. The van der Waals surface area contributed by atoms with E-state index in [1.54, 1.807) is 7.11 Å². The van der Waals surface area contributed by atoms with Crippen molar-refractivity contribution < 1.29 is 9.47 Å². The van der Waals surface area contributed by atoms with Crippen LogP contribution in [0.5, 0.6) is 11.5 Å². The van der Waals surface area contributed by atoms with Gasteiger partial charge in [0.05, 0.1) is 13.7 Å². The van der Waals surface area contributed by atoms with Crippen LogP contribution in [-0.2, 0) is 6.42 Å². The molecule has 0 atom stereocenters. The molecule has 0 aliphatic carbocycles. The SMILES string of the molecule is CCNC(=NCCCc1ccc(OC)c(OCC)c1)NC1CCN(CC(C)C)CC1.I. The van der Waals surface area contributed by atoms with E-state index in [0.717, 1.165) is 49.3 Å². The van der Waals surface area contributed by atoms with E-state index < -0.39 is 0 Å². The first kappa shape index (κ1) is 27.8. The zero-order chi connectivity index (χ0) is 21.8. The van der Waals surface area contributed by atoms with Crippen molar-refractivity contribution in [1.29, 1.82) is 0 Å². The number of hydrogen-bond donors (Lipinski definition) is 2. The third-order valence-electron chi connectivity index (χ3n) is 5.32. The zero-order valence-electron chi connectivity index (χ0n) is 20.1. The van der Waals surface area contributed by atoms with E-state index in [1.807, 2.05) is 13.0 Å². The topological polar surface area (TPSA) is 58.1 Å². The van der Waals surface area contributed by atoms with Gasteiger partial charge >= 0.3 is 0 Å². The molecule has 1 fully saturated rings. The van der Waals surface area contributed by atoms with Crippen LogP contribution < -0.4 is 20.1 Å². The van der Waals surface area contributed by atoms with Gasteiger partial charge in [0.1, 0.15) is 0 Å². The maximum absolute atomic E-state index is 5.68. The van der Waals surface area contributed by atoms with Gasteiger partial charge in [-0.3, -0.25) is 4.99 Å².